The molecular formula is C24H29N3O2. The summed E-state index contributed by atoms with van der Waals surface area (Å²) < 4.78 is 0. The van der Waals surface area contributed by atoms with Gasteiger partial charge in [0.15, 0.2) is 0 Å². The molecule has 0 saturated carbocycles. The van der Waals surface area contributed by atoms with Crippen LogP contribution in [0.5, 0.6) is 5.75 Å². The molecule has 0 aromatic heterocycles. The van der Waals surface area contributed by atoms with Crippen LogP contribution in [0, 0.1) is 5.92 Å². The molecule has 0 unspecified atom stereocenters. The van der Waals surface area contributed by atoms with Gasteiger partial charge in [-0.25, -0.2) is 0 Å². The maximum Gasteiger partial charge on any atom is 0.254 e. The maximum absolute atomic E-state index is 13.5. The molecule has 3 atom stereocenters. The molecule has 2 aromatic rings. The smallest absolute Gasteiger partial charge is 0.254 e. The molecule has 0 radical (unpaired) electrons. The van der Waals surface area contributed by atoms with Crippen molar-refractivity contribution >= 4 is 11.6 Å². The minimum Gasteiger partial charge on any atom is -0.508 e. The van der Waals surface area contributed by atoms with Gasteiger partial charge in [0.05, 0.1) is 6.04 Å². The number of piperidine rings is 3. The van der Waals surface area contributed by atoms with Gasteiger partial charge < -0.3 is 14.9 Å². The second-order valence-electron chi connectivity index (χ2n) is 8.95. The van der Waals surface area contributed by atoms with Gasteiger partial charge in [-0.15, -0.1) is 0 Å². The van der Waals surface area contributed by atoms with Crippen molar-refractivity contribution in [2.45, 2.75) is 30.8 Å². The summed E-state index contributed by atoms with van der Waals surface area (Å²) in [5.41, 5.74) is 3.01. The van der Waals surface area contributed by atoms with Gasteiger partial charge in [0.1, 0.15) is 5.75 Å². The predicted molar refractivity (Wildman–Crippen MR) is 115 cm³/mol. The van der Waals surface area contributed by atoms with Crippen molar-refractivity contribution in [2.24, 2.45) is 5.92 Å². The third-order valence-electron chi connectivity index (χ3n) is 7.18. The highest BCUT2D eigenvalue weighted by molar-refractivity contribution is 5.95. The molecule has 1 amide bonds. The van der Waals surface area contributed by atoms with Gasteiger partial charge >= 0.3 is 0 Å². The summed E-state index contributed by atoms with van der Waals surface area (Å²) in [5.74, 6) is 1.28. The zero-order valence-electron chi connectivity index (χ0n) is 17.2. The lowest BCUT2D eigenvalue weighted by Gasteiger charge is -2.51. The summed E-state index contributed by atoms with van der Waals surface area (Å²) in [6, 6.07) is 16.2. The number of likely N-dealkylation sites (tertiary alicyclic amines) is 1. The number of benzene rings is 2. The van der Waals surface area contributed by atoms with Crippen molar-refractivity contribution < 1.29 is 9.90 Å². The second-order valence-corrected chi connectivity index (χ2v) is 8.95. The van der Waals surface area contributed by atoms with Gasteiger partial charge in [0.2, 0.25) is 0 Å². The highest BCUT2D eigenvalue weighted by Crippen LogP contribution is 2.47. The Kier molecular flexibility index (Phi) is 4.50. The van der Waals surface area contributed by atoms with E-state index in [1.54, 1.807) is 6.07 Å². The number of carbonyl (C=O) groups is 1. The molecule has 4 aliphatic rings. The molecule has 5 nitrogen and oxygen atoms in total. The van der Waals surface area contributed by atoms with Gasteiger partial charge in [-0.05, 0) is 73.8 Å². The monoisotopic (exact) mass is 391 g/mol. The molecule has 6 rings (SSSR count). The lowest BCUT2D eigenvalue weighted by molar-refractivity contribution is -0.00341. The van der Waals surface area contributed by atoms with Gasteiger partial charge in [-0.3, -0.25) is 9.69 Å². The third kappa shape index (κ3) is 3.08. The molecule has 0 aliphatic carbocycles. The van der Waals surface area contributed by atoms with Crippen LogP contribution in [0.2, 0.25) is 0 Å². The number of phenolic OH excluding ortho intramolecular Hbond substituents is 1. The van der Waals surface area contributed by atoms with E-state index in [1.165, 1.54) is 12.8 Å². The number of carbonyl (C=O) groups excluding carboxylic acids is 1. The zero-order chi connectivity index (χ0) is 20.1. The highest BCUT2D eigenvalue weighted by Gasteiger charge is 2.54. The average Bonchev–Trinajstić information content (AvgIpc) is 3.17. The molecule has 0 spiro atoms. The van der Waals surface area contributed by atoms with Crippen molar-refractivity contribution in [1.29, 1.82) is 0 Å². The number of anilines is 1. The predicted octanol–water partition coefficient (Wildman–Crippen LogP) is 3.16. The molecule has 4 saturated heterocycles. The average molecular weight is 392 g/mol. The number of phenols is 1. The van der Waals surface area contributed by atoms with Crippen LogP contribution >= 0.6 is 0 Å². The van der Waals surface area contributed by atoms with Gasteiger partial charge in [-0.1, -0.05) is 12.1 Å². The molecule has 4 fully saturated rings. The molecule has 4 heterocycles. The van der Waals surface area contributed by atoms with E-state index in [0.717, 1.165) is 36.4 Å². The molecule has 4 aliphatic heterocycles. The van der Waals surface area contributed by atoms with E-state index in [-0.39, 0.29) is 17.9 Å². The van der Waals surface area contributed by atoms with Crippen molar-refractivity contribution in [3.05, 3.63) is 59.7 Å². The van der Waals surface area contributed by atoms with E-state index in [1.807, 2.05) is 55.4 Å². The van der Waals surface area contributed by atoms with Gasteiger partial charge in [0, 0.05) is 43.9 Å². The Labute approximate surface area is 172 Å². The number of hydrogen-bond acceptors (Lipinski definition) is 4. The van der Waals surface area contributed by atoms with E-state index < -0.39 is 0 Å². The Balaban J connectivity index is 1.48. The quantitative estimate of drug-likeness (QED) is 0.873. The van der Waals surface area contributed by atoms with Crippen LogP contribution in [0.1, 0.15) is 34.7 Å². The lowest BCUT2D eigenvalue weighted by Crippen LogP contribution is -2.60. The summed E-state index contributed by atoms with van der Waals surface area (Å²) in [6.45, 7) is 2.97. The van der Waals surface area contributed by atoms with Crippen LogP contribution in [0.4, 0.5) is 5.69 Å². The first-order valence-electron chi connectivity index (χ1n) is 10.6. The van der Waals surface area contributed by atoms with Crippen LogP contribution in [0.15, 0.2) is 48.5 Å². The van der Waals surface area contributed by atoms with E-state index in [4.69, 9.17) is 0 Å². The summed E-state index contributed by atoms with van der Waals surface area (Å²) in [4.78, 5) is 20.3. The molecule has 1 N–H and O–H groups in total. The van der Waals surface area contributed by atoms with E-state index in [2.05, 4.69) is 15.9 Å². The second kappa shape index (κ2) is 7.06. The van der Waals surface area contributed by atoms with E-state index in [9.17, 15) is 9.90 Å². The topological polar surface area (TPSA) is 47.0 Å². The molecule has 2 aromatic carbocycles. The van der Waals surface area contributed by atoms with E-state index >= 15 is 0 Å². The summed E-state index contributed by atoms with van der Waals surface area (Å²) in [7, 11) is 4.02. The fourth-order valence-electron chi connectivity index (χ4n) is 5.77. The lowest BCUT2D eigenvalue weighted by atomic mass is 9.75. The third-order valence-corrected chi connectivity index (χ3v) is 7.18. The minimum atomic E-state index is 0.140. The highest BCUT2D eigenvalue weighted by atomic mass is 16.3. The number of rotatable bonds is 3. The molecule has 29 heavy (non-hydrogen) atoms. The Bertz CT molecular complexity index is 903. The van der Waals surface area contributed by atoms with Gasteiger partial charge in [0.25, 0.3) is 5.91 Å². The maximum atomic E-state index is 13.5. The van der Waals surface area contributed by atoms with Crippen LogP contribution in [-0.2, 0) is 0 Å². The largest absolute Gasteiger partial charge is 0.508 e. The first-order valence-corrected chi connectivity index (χ1v) is 10.6. The van der Waals surface area contributed by atoms with Crippen LogP contribution in [-0.4, -0.2) is 66.6 Å². The fourth-order valence-corrected chi connectivity index (χ4v) is 5.77. The number of amides is 1. The number of aromatic hydroxyl groups is 1. The van der Waals surface area contributed by atoms with Crippen molar-refractivity contribution in [2.75, 3.05) is 38.6 Å². The number of nitrogens with zero attached hydrogens (tertiary/aromatic N) is 3. The Hall–Kier alpha value is -2.53. The molecule has 2 bridgehead atoms. The van der Waals surface area contributed by atoms with Crippen molar-refractivity contribution in [3.8, 4) is 5.75 Å². The van der Waals surface area contributed by atoms with Crippen molar-refractivity contribution in [1.82, 2.24) is 9.80 Å². The van der Waals surface area contributed by atoms with Crippen LogP contribution in [0.3, 0.4) is 0 Å². The molecule has 5 heteroatoms. The first kappa shape index (κ1) is 18.5. The van der Waals surface area contributed by atoms with Crippen molar-refractivity contribution in [3.63, 3.8) is 0 Å². The Morgan fingerprint density at radius 2 is 1.76 bits per heavy atom. The normalized spacial score (nSPS) is 30.3. The fraction of sp³-hybridized carbons (Fsp3) is 0.458. The molecular weight excluding hydrogens is 362 g/mol. The van der Waals surface area contributed by atoms with Crippen LogP contribution < -0.4 is 4.90 Å². The first-order chi connectivity index (χ1) is 14.0. The summed E-state index contributed by atoms with van der Waals surface area (Å²) in [5, 5.41) is 10.0. The molecule has 152 valence electrons. The van der Waals surface area contributed by atoms with Gasteiger partial charge in [-0.2, -0.15) is 0 Å². The number of fused-ring (bicyclic) bond motifs is 2. The van der Waals surface area contributed by atoms with Crippen LogP contribution in [0.25, 0.3) is 0 Å². The minimum absolute atomic E-state index is 0.140. The summed E-state index contributed by atoms with van der Waals surface area (Å²) >= 11 is 0. The SMILES string of the molecule is CN(C)c1ccc(C(=O)N2C[C@@H](c3cccc(O)c3)[C@@H]3[C@H]2C2CCN3CC2)cc1. The standard InChI is InChI=1S/C24H29N3O2/c1-25(2)19-8-6-17(7-9-19)24(29)27-15-21(18-4-3-5-20(28)14-18)23-22(27)16-10-12-26(23)13-11-16/h3-9,14,16,21-23,28H,10-13,15H2,1-2H3/t21-,22+,23+/m0/s1. The number of hydrogen-bond donors (Lipinski definition) is 1. The Morgan fingerprint density at radius 3 is 2.41 bits per heavy atom. The van der Waals surface area contributed by atoms with E-state index in [0.29, 0.717) is 17.7 Å². The zero-order valence-corrected chi connectivity index (χ0v) is 17.2. The Morgan fingerprint density at radius 1 is 1.03 bits per heavy atom. The summed E-state index contributed by atoms with van der Waals surface area (Å²) in [6.07, 6.45) is 2.36.